The van der Waals surface area contributed by atoms with E-state index in [1.807, 2.05) is 24.3 Å². The summed E-state index contributed by atoms with van der Waals surface area (Å²) in [5.41, 5.74) is 5.89. The van der Waals surface area contributed by atoms with Crippen LogP contribution in [0.5, 0.6) is 5.75 Å². The van der Waals surface area contributed by atoms with Crippen molar-refractivity contribution in [2.24, 2.45) is 29.4 Å². The molecule has 11 nitrogen and oxygen atoms in total. The van der Waals surface area contributed by atoms with Gasteiger partial charge in [0.2, 0.25) is 5.91 Å². The molecule has 1 heterocycles. The number of benzene rings is 2. The van der Waals surface area contributed by atoms with Crippen molar-refractivity contribution in [3.63, 3.8) is 0 Å². The number of primary amides is 1. The monoisotopic (exact) mass is 589 g/mol. The summed E-state index contributed by atoms with van der Waals surface area (Å²) in [5, 5.41) is 22.6. The maximum absolute atomic E-state index is 14.0. The van der Waals surface area contributed by atoms with Gasteiger partial charge in [-0.05, 0) is 67.2 Å². The fourth-order valence-corrected chi connectivity index (χ4v) is 7.73. The molecule has 0 aromatic heterocycles. The van der Waals surface area contributed by atoms with Gasteiger partial charge >= 0.3 is 0 Å². The first-order valence-electron chi connectivity index (χ1n) is 14.5. The topological polar surface area (TPSA) is 168 Å². The molecule has 11 heteroatoms. The zero-order chi connectivity index (χ0) is 30.8. The predicted octanol–water partition coefficient (Wildman–Crippen LogP) is 0.366. The highest BCUT2D eigenvalue weighted by molar-refractivity contribution is 6.32. The van der Waals surface area contributed by atoms with Crippen molar-refractivity contribution < 1.29 is 38.9 Å². The first-order valence-corrected chi connectivity index (χ1v) is 14.5. The fraction of sp³-hybridized carbons (Fsp3) is 0.469. The Morgan fingerprint density at radius 1 is 1.09 bits per heavy atom. The van der Waals surface area contributed by atoms with Crippen LogP contribution in [0.15, 0.2) is 36.4 Å². The second-order valence-corrected chi connectivity index (χ2v) is 12.4. The third kappa shape index (κ3) is 4.53. The highest BCUT2D eigenvalue weighted by atomic mass is 16.5. The number of carbonyl (C=O) groups is 5. The van der Waals surface area contributed by atoms with Crippen LogP contribution < -0.4 is 5.73 Å². The average Bonchev–Trinajstić information content (AvgIpc) is 2.95. The Kier molecular flexibility index (Phi) is 7.32. The van der Waals surface area contributed by atoms with Gasteiger partial charge in [0.15, 0.2) is 34.7 Å². The lowest BCUT2D eigenvalue weighted by Gasteiger charge is -2.52. The molecule has 1 amide bonds. The zero-order valence-corrected chi connectivity index (χ0v) is 24.1. The number of Topliss-reactive ketones (excluding diaryl/α,β-unsaturated/α-hetero) is 4. The van der Waals surface area contributed by atoms with E-state index in [0.29, 0.717) is 18.8 Å². The van der Waals surface area contributed by atoms with Crippen LogP contribution in [0.25, 0.3) is 11.1 Å². The molecule has 0 radical (unpaired) electrons. The van der Waals surface area contributed by atoms with Gasteiger partial charge in [0.05, 0.1) is 30.7 Å². The molecule has 6 atom stereocenters. The number of morpholine rings is 1. The minimum absolute atomic E-state index is 0.00998. The minimum Gasteiger partial charge on any atom is -0.507 e. The standard InChI is InChI=1S/C32H35N3O8/c1-34(2)26-21-14-18-13-20-19(17-5-3-4-16(12-17)15-35-8-10-43-11-9-35)6-7-22(36)24(20)27(37)23(18)29(39)32(21,42)30(40)25(28(26)38)31(33)41/h3-7,12,18,21,23,25-26,36,42H,8-11,13-15H2,1-2H3,(H2,33,41)/t18-,21-,23?,25?,26-,32-/m1/s1. The molecule has 6 rings (SSSR count). The molecule has 0 spiro atoms. The molecule has 2 saturated carbocycles. The molecule has 0 bridgehead atoms. The largest absolute Gasteiger partial charge is 0.507 e. The SMILES string of the molecule is CN(C)[C@H]1C(=O)C(C(N)=O)C(=O)[C@]2(O)C(=O)C3C(=O)c4c(O)ccc(-c5cccc(CN6CCOCC6)c5)c4C[C@@H]3C[C@H]12. The Balaban J connectivity index is 1.41. The lowest BCUT2D eigenvalue weighted by atomic mass is 9.52. The number of phenols is 1. The molecule has 2 unspecified atom stereocenters. The van der Waals surface area contributed by atoms with Crippen molar-refractivity contribution >= 4 is 29.0 Å². The molecule has 2 aromatic rings. The summed E-state index contributed by atoms with van der Waals surface area (Å²) >= 11 is 0. The van der Waals surface area contributed by atoms with Crippen LogP contribution in [0.2, 0.25) is 0 Å². The lowest BCUT2D eigenvalue weighted by molar-refractivity contribution is -0.181. The molecule has 43 heavy (non-hydrogen) atoms. The van der Waals surface area contributed by atoms with Crippen LogP contribution in [0, 0.1) is 23.7 Å². The second kappa shape index (κ2) is 10.7. The first kappa shape index (κ1) is 29.3. The number of nitrogens with zero attached hydrogens (tertiary/aromatic N) is 2. The highest BCUT2D eigenvalue weighted by Crippen LogP contribution is 2.51. The molecule has 4 aliphatic rings. The molecule has 226 valence electrons. The van der Waals surface area contributed by atoms with E-state index in [2.05, 4.69) is 4.90 Å². The van der Waals surface area contributed by atoms with Crippen molar-refractivity contribution in [3.8, 4) is 16.9 Å². The molecule has 2 aromatic carbocycles. The van der Waals surface area contributed by atoms with E-state index < -0.39 is 64.4 Å². The van der Waals surface area contributed by atoms with Gasteiger partial charge in [0, 0.05) is 25.6 Å². The van der Waals surface area contributed by atoms with Crippen LogP contribution in [0.1, 0.15) is 27.9 Å². The second-order valence-electron chi connectivity index (χ2n) is 12.4. The summed E-state index contributed by atoms with van der Waals surface area (Å²) in [5.74, 6) is -10.5. The van der Waals surface area contributed by atoms with E-state index in [1.165, 1.54) is 11.0 Å². The fourth-order valence-electron chi connectivity index (χ4n) is 7.73. The summed E-state index contributed by atoms with van der Waals surface area (Å²) in [6.45, 7) is 3.75. The summed E-state index contributed by atoms with van der Waals surface area (Å²) in [4.78, 5) is 70.7. The number of ketones is 4. The van der Waals surface area contributed by atoms with E-state index in [4.69, 9.17) is 10.5 Å². The van der Waals surface area contributed by atoms with Gasteiger partial charge in [-0.15, -0.1) is 0 Å². The van der Waals surface area contributed by atoms with Crippen LogP contribution >= 0.6 is 0 Å². The number of ether oxygens (including phenoxy) is 1. The number of aliphatic hydroxyl groups is 1. The summed E-state index contributed by atoms with van der Waals surface area (Å²) in [6, 6.07) is 9.99. The van der Waals surface area contributed by atoms with Crippen molar-refractivity contribution in [1.82, 2.24) is 9.80 Å². The summed E-state index contributed by atoms with van der Waals surface area (Å²) < 4.78 is 5.45. The number of phenolic OH excluding ortho intramolecular Hbond substituents is 1. The molecule has 1 aliphatic heterocycles. The quantitative estimate of drug-likeness (QED) is 0.415. The van der Waals surface area contributed by atoms with E-state index in [9.17, 15) is 34.2 Å². The Morgan fingerprint density at radius 3 is 2.49 bits per heavy atom. The third-order valence-electron chi connectivity index (χ3n) is 9.69. The number of aromatic hydroxyl groups is 1. The first-order chi connectivity index (χ1) is 20.4. The van der Waals surface area contributed by atoms with Gasteiger partial charge in [-0.25, -0.2) is 0 Å². The maximum Gasteiger partial charge on any atom is 0.235 e. The smallest absolute Gasteiger partial charge is 0.235 e. The van der Waals surface area contributed by atoms with Crippen LogP contribution in [0.4, 0.5) is 0 Å². The number of likely N-dealkylation sites (N-methyl/N-ethyl adjacent to an activating group) is 1. The Bertz CT molecular complexity index is 1550. The van der Waals surface area contributed by atoms with E-state index in [1.54, 1.807) is 20.2 Å². The lowest BCUT2D eigenvalue weighted by Crippen LogP contribution is -2.74. The van der Waals surface area contributed by atoms with Crippen molar-refractivity contribution in [3.05, 3.63) is 53.1 Å². The van der Waals surface area contributed by atoms with Gasteiger partial charge < -0.3 is 20.7 Å². The van der Waals surface area contributed by atoms with E-state index >= 15 is 0 Å². The number of hydrogen-bond donors (Lipinski definition) is 3. The molecule has 1 saturated heterocycles. The number of carbonyl (C=O) groups excluding carboxylic acids is 5. The number of hydrogen-bond acceptors (Lipinski definition) is 10. The number of fused-ring (bicyclic) bond motifs is 3. The average molecular weight is 590 g/mol. The van der Waals surface area contributed by atoms with E-state index in [-0.39, 0.29) is 24.2 Å². The Hall–Kier alpha value is -3.77. The molecule has 3 fully saturated rings. The number of nitrogens with two attached hydrogens (primary N) is 1. The van der Waals surface area contributed by atoms with Gasteiger partial charge in [0.25, 0.3) is 0 Å². The van der Waals surface area contributed by atoms with Gasteiger partial charge in [-0.2, -0.15) is 0 Å². The van der Waals surface area contributed by atoms with Gasteiger partial charge in [-0.1, -0.05) is 24.3 Å². The Labute approximate surface area is 248 Å². The van der Waals surface area contributed by atoms with Gasteiger partial charge in [0.1, 0.15) is 5.75 Å². The summed E-state index contributed by atoms with van der Waals surface area (Å²) in [6.07, 6.45) is 0.222. The molecular weight excluding hydrogens is 554 g/mol. The van der Waals surface area contributed by atoms with E-state index in [0.717, 1.165) is 36.3 Å². The molecule has 4 N–H and O–H groups in total. The normalized spacial score (nSPS) is 31.0. The zero-order valence-electron chi connectivity index (χ0n) is 24.1. The van der Waals surface area contributed by atoms with Crippen LogP contribution in [-0.4, -0.2) is 101 Å². The van der Waals surface area contributed by atoms with Crippen molar-refractivity contribution in [2.45, 2.75) is 31.0 Å². The van der Waals surface area contributed by atoms with Gasteiger partial charge in [-0.3, -0.25) is 33.8 Å². The summed E-state index contributed by atoms with van der Waals surface area (Å²) in [7, 11) is 3.13. The maximum atomic E-state index is 14.0. The minimum atomic E-state index is -2.74. The number of rotatable bonds is 5. The Morgan fingerprint density at radius 2 is 1.81 bits per heavy atom. The van der Waals surface area contributed by atoms with Crippen molar-refractivity contribution in [2.75, 3.05) is 40.4 Å². The molecule has 3 aliphatic carbocycles. The van der Waals surface area contributed by atoms with Crippen LogP contribution in [0.3, 0.4) is 0 Å². The van der Waals surface area contributed by atoms with Crippen molar-refractivity contribution in [1.29, 1.82) is 0 Å². The van der Waals surface area contributed by atoms with Crippen LogP contribution in [-0.2, 0) is 36.9 Å². The number of amides is 1. The predicted molar refractivity (Wildman–Crippen MR) is 153 cm³/mol. The molecular formula is C32H35N3O8. The third-order valence-corrected chi connectivity index (χ3v) is 9.69. The highest BCUT2D eigenvalue weighted by Gasteiger charge is 2.69.